The largest absolute Gasteiger partial charge is 0.298 e. The van der Waals surface area contributed by atoms with Crippen LogP contribution in [-0.4, -0.2) is 39.0 Å². The predicted octanol–water partition coefficient (Wildman–Crippen LogP) is 3.02. The maximum atomic E-state index is 12.6. The number of carbonyl (C=O) groups is 1. The Morgan fingerprint density at radius 2 is 1.85 bits per heavy atom. The highest BCUT2D eigenvalue weighted by Gasteiger charge is 2.18. The van der Waals surface area contributed by atoms with Gasteiger partial charge in [-0.05, 0) is 24.6 Å². The minimum atomic E-state index is -0.217. The Labute approximate surface area is 158 Å². The number of hydrogen-bond donors (Lipinski definition) is 1. The number of rotatable bonds is 4. The smallest absolute Gasteiger partial charge is 0.290 e. The van der Waals surface area contributed by atoms with Gasteiger partial charge in [0.25, 0.3) is 5.91 Å². The van der Waals surface area contributed by atoms with Crippen LogP contribution >= 0.6 is 0 Å². The van der Waals surface area contributed by atoms with Gasteiger partial charge in [-0.25, -0.2) is 10.4 Å². The Balaban J connectivity index is 1.36. The van der Waals surface area contributed by atoms with Crippen LogP contribution in [0.1, 0.15) is 34.6 Å². The molecule has 0 atom stereocenters. The van der Waals surface area contributed by atoms with Gasteiger partial charge in [-0.1, -0.05) is 36.4 Å². The lowest BCUT2D eigenvalue weighted by atomic mass is 10.1. The lowest BCUT2D eigenvalue weighted by Gasteiger charge is -2.27. The van der Waals surface area contributed by atoms with Crippen molar-refractivity contribution < 1.29 is 4.79 Å². The Bertz CT molecular complexity index is 967. The summed E-state index contributed by atoms with van der Waals surface area (Å²) in [4.78, 5) is 19.4. The third kappa shape index (κ3) is 3.90. The molecule has 0 bridgehead atoms. The molecular formula is C21H23N5O. The average Bonchev–Trinajstić information content (AvgIpc) is 3.04. The van der Waals surface area contributed by atoms with E-state index >= 15 is 0 Å². The van der Waals surface area contributed by atoms with Gasteiger partial charge >= 0.3 is 0 Å². The van der Waals surface area contributed by atoms with Gasteiger partial charge in [0.1, 0.15) is 11.3 Å². The summed E-state index contributed by atoms with van der Waals surface area (Å²) in [5, 5.41) is 4.38. The van der Waals surface area contributed by atoms with Gasteiger partial charge in [-0.15, -0.1) is 0 Å². The highest BCUT2D eigenvalue weighted by atomic mass is 16.2. The summed E-state index contributed by atoms with van der Waals surface area (Å²) in [7, 11) is 0. The topological polar surface area (TPSA) is 62.0 Å². The number of benzene rings is 1. The second kappa shape index (κ2) is 7.72. The predicted molar refractivity (Wildman–Crippen MR) is 106 cm³/mol. The highest BCUT2D eigenvalue weighted by Crippen LogP contribution is 2.13. The van der Waals surface area contributed by atoms with E-state index in [1.54, 1.807) is 4.40 Å². The SMILES string of the molecule is Cc1nc2ccccn2c1C(=O)NN=C1CCN(Cc2ccccc2)CC1. The Morgan fingerprint density at radius 1 is 1.11 bits per heavy atom. The molecule has 138 valence electrons. The van der Waals surface area contributed by atoms with Crippen molar-refractivity contribution in [1.29, 1.82) is 0 Å². The van der Waals surface area contributed by atoms with Crippen molar-refractivity contribution in [2.75, 3.05) is 13.1 Å². The molecule has 0 unspecified atom stereocenters. The fraction of sp³-hybridized carbons (Fsp3) is 0.286. The Morgan fingerprint density at radius 3 is 2.63 bits per heavy atom. The number of imidazole rings is 1. The third-order valence-electron chi connectivity index (χ3n) is 4.92. The van der Waals surface area contributed by atoms with Crippen LogP contribution in [0.3, 0.4) is 0 Å². The quantitative estimate of drug-likeness (QED) is 0.727. The Kier molecular flexibility index (Phi) is 4.98. The normalized spacial score (nSPS) is 15.1. The number of fused-ring (bicyclic) bond motifs is 1. The minimum absolute atomic E-state index is 0.217. The summed E-state index contributed by atoms with van der Waals surface area (Å²) in [5.74, 6) is -0.217. The van der Waals surface area contributed by atoms with Crippen LogP contribution in [0.4, 0.5) is 0 Å². The number of nitrogens with one attached hydrogen (secondary N) is 1. The van der Waals surface area contributed by atoms with Crippen molar-refractivity contribution in [3.63, 3.8) is 0 Å². The van der Waals surface area contributed by atoms with Gasteiger partial charge in [0.15, 0.2) is 0 Å². The van der Waals surface area contributed by atoms with E-state index in [-0.39, 0.29) is 5.91 Å². The fourth-order valence-corrected chi connectivity index (χ4v) is 3.49. The van der Waals surface area contributed by atoms with Crippen molar-refractivity contribution in [3.8, 4) is 0 Å². The average molecular weight is 361 g/mol. The van der Waals surface area contributed by atoms with Gasteiger partial charge in [0.2, 0.25) is 0 Å². The number of amides is 1. The molecule has 3 heterocycles. The molecule has 2 aromatic heterocycles. The molecule has 1 fully saturated rings. The molecule has 1 N–H and O–H groups in total. The number of nitrogens with zero attached hydrogens (tertiary/aromatic N) is 4. The van der Waals surface area contributed by atoms with Crippen LogP contribution in [0.5, 0.6) is 0 Å². The van der Waals surface area contributed by atoms with Crippen molar-refractivity contribution in [2.24, 2.45) is 5.10 Å². The van der Waals surface area contributed by atoms with Gasteiger partial charge in [0, 0.05) is 44.4 Å². The van der Waals surface area contributed by atoms with Gasteiger partial charge in [-0.3, -0.25) is 14.1 Å². The van der Waals surface area contributed by atoms with Gasteiger partial charge < -0.3 is 0 Å². The van der Waals surface area contributed by atoms with Crippen LogP contribution in [0.15, 0.2) is 59.8 Å². The molecular weight excluding hydrogens is 338 g/mol. The van der Waals surface area contributed by atoms with E-state index < -0.39 is 0 Å². The standard InChI is InChI=1S/C21H23N5O/c1-16-20(26-12-6-5-9-19(26)22-16)21(27)24-23-18-10-13-25(14-11-18)15-17-7-3-2-4-8-17/h2-9,12H,10-11,13-15H2,1H3,(H,24,27). The first-order valence-corrected chi connectivity index (χ1v) is 9.26. The van der Waals surface area contributed by atoms with Crippen LogP contribution < -0.4 is 5.43 Å². The number of pyridine rings is 1. The highest BCUT2D eigenvalue weighted by molar-refractivity contribution is 5.96. The molecule has 1 amide bonds. The molecule has 1 aliphatic heterocycles. The minimum Gasteiger partial charge on any atom is -0.298 e. The number of aryl methyl sites for hydroxylation is 1. The number of aromatic nitrogens is 2. The number of likely N-dealkylation sites (tertiary alicyclic amines) is 1. The van der Waals surface area contributed by atoms with Crippen LogP contribution in [-0.2, 0) is 6.54 Å². The first-order chi connectivity index (χ1) is 13.2. The number of hydrogen-bond acceptors (Lipinski definition) is 4. The first kappa shape index (κ1) is 17.4. The van der Waals surface area contributed by atoms with Gasteiger partial charge in [-0.2, -0.15) is 5.10 Å². The second-order valence-electron chi connectivity index (χ2n) is 6.86. The van der Waals surface area contributed by atoms with E-state index in [4.69, 9.17) is 0 Å². The van der Waals surface area contributed by atoms with Crippen LogP contribution in [0.2, 0.25) is 0 Å². The Hall–Kier alpha value is -2.99. The summed E-state index contributed by atoms with van der Waals surface area (Å²) in [5.41, 5.74) is 7.10. The maximum Gasteiger partial charge on any atom is 0.290 e. The molecule has 1 aliphatic rings. The monoisotopic (exact) mass is 361 g/mol. The summed E-state index contributed by atoms with van der Waals surface area (Å²) in [6, 6.07) is 16.2. The van der Waals surface area contributed by atoms with Crippen molar-refractivity contribution in [1.82, 2.24) is 19.7 Å². The zero-order valence-corrected chi connectivity index (χ0v) is 15.4. The molecule has 6 nitrogen and oxygen atoms in total. The number of carbonyl (C=O) groups excluding carboxylic acids is 1. The molecule has 0 spiro atoms. The molecule has 1 aromatic carbocycles. The molecule has 27 heavy (non-hydrogen) atoms. The molecule has 3 aromatic rings. The van der Waals surface area contributed by atoms with Gasteiger partial charge in [0.05, 0.1) is 5.69 Å². The lowest BCUT2D eigenvalue weighted by Crippen LogP contribution is -2.34. The molecule has 0 saturated carbocycles. The van der Waals surface area contributed by atoms with Crippen molar-refractivity contribution in [2.45, 2.75) is 26.3 Å². The second-order valence-corrected chi connectivity index (χ2v) is 6.86. The van der Waals surface area contributed by atoms with Crippen molar-refractivity contribution in [3.05, 3.63) is 71.7 Å². The number of piperidine rings is 1. The maximum absolute atomic E-state index is 12.6. The van der Waals surface area contributed by atoms with E-state index in [1.807, 2.05) is 37.4 Å². The number of hydrazone groups is 1. The summed E-state index contributed by atoms with van der Waals surface area (Å²) >= 11 is 0. The summed E-state index contributed by atoms with van der Waals surface area (Å²) in [6.45, 7) is 4.72. The van der Waals surface area contributed by atoms with E-state index in [1.165, 1.54) is 5.56 Å². The van der Waals surface area contributed by atoms with E-state index in [2.05, 4.69) is 44.7 Å². The van der Waals surface area contributed by atoms with Crippen molar-refractivity contribution >= 4 is 17.3 Å². The zero-order chi connectivity index (χ0) is 18.6. The van der Waals surface area contributed by atoms with Crippen LogP contribution in [0.25, 0.3) is 5.65 Å². The van der Waals surface area contributed by atoms with Crippen LogP contribution in [0, 0.1) is 6.92 Å². The lowest BCUT2D eigenvalue weighted by molar-refractivity contribution is 0.0948. The zero-order valence-electron chi connectivity index (χ0n) is 15.4. The molecule has 6 heteroatoms. The summed E-state index contributed by atoms with van der Waals surface area (Å²) < 4.78 is 1.80. The first-order valence-electron chi connectivity index (χ1n) is 9.26. The fourth-order valence-electron chi connectivity index (χ4n) is 3.49. The van der Waals surface area contributed by atoms with E-state index in [0.717, 1.165) is 43.8 Å². The van der Waals surface area contributed by atoms with E-state index in [0.29, 0.717) is 11.4 Å². The molecule has 0 radical (unpaired) electrons. The molecule has 1 saturated heterocycles. The summed E-state index contributed by atoms with van der Waals surface area (Å²) in [6.07, 6.45) is 3.60. The molecule has 4 rings (SSSR count). The van der Waals surface area contributed by atoms with E-state index in [9.17, 15) is 4.79 Å². The molecule has 0 aliphatic carbocycles. The third-order valence-corrected chi connectivity index (χ3v) is 4.92.